The zero-order chi connectivity index (χ0) is 12.0. The molecule has 1 saturated heterocycles. The molecule has 0 aromatic carbocycles. The highest BCUT2D eigenvalue weighted by molar-refractivity contribution is 5.42. The van der Waals surface area contributed by atoms with Crippen LogP contribution in [0, 0.1) is 13.0 Å². The van der Waals surface area contributed by atoms with Crippen molar-refractivity contribution in [2.45, 2.75) is 18.8 Å². The molecule has 1 fully saturated rings. The lowest BCUT2D eigenvalue weighted by atomic mass is 10.2. The maximum absolute atomic E-state index is 12.9. The Morgan fingerprint density at radius 1 is 1.25 bits per heavy atom. The number of rotatable bonds is 1. The highest BCUT2D eigenvalue weighted by Gasteiger charge is 2.63. The fourth-order valence-corrected chi connectivity index (χ4v) is 1.58. The molecule has 0 unspecified atom stereocenters. The first-order valence-corrected chi connectivity index (χ1v) is 4.68. The Bertz CT molecular complexity index is 390. The van der Waals surface area contributed by atoms with Gasteiger partial charge in [0.25, 0.3) is 0 Å². The van der Waals surface area contributed by atoms with E-state index in [4.69, 9.17) is 0 Å². The third-order valence-corrected chi connectivity index (χ3v) is 2.44. The van der Waals surface area contributed by atoms with Gasteiger partial charge in [0.1, 0.15) is 5.82 Å². The zero-order valence-electron chi connectivity index (χ0n) is 8.48. The lowest BCUT2D eigenvalue weighted by molar-refractivity contribution is -0.172. The van der Waals surface area contributed by atoms with Crippen LogP contribution in [0.1, 0.15) is 5.69 Å². The Morgan fingerprint density at radius 2 is 1.81 bits per heavy atom. The lowest BCUT2D eigenvalue weighted by Crippen LogP contribution is -2.38. The normalized spacial score (nSPS) is 22.4. The Labute approximate surface area is 89.9 Å². The van der Waals surface area contributed by atoms with Gasteiger partial charge in [-0.3, -0.25) is 0 Å². The van der Waals surface area contributed by atoms with Gasteiger partial charge in [-0.1, -0.05) is 0 Å². The van der Waals surface area contributed by atoms with Crippen LogP contribution in [0.4, 0.5) is 23.4 Å². The Kier molecular flexibility index (Phi) is 2.32. The molecule has 87 valence electrons. The van der Waals surface area contributed by atoms with E-state index >= 15 is 0 Å². The summed E-state index contributed by atoms with van der Waals surface area (Å²) in [5.41, 5.74) is 0.482. The minimum absolute atomic E-state index is 0.133. The van der Waals surface area contributed by atoms with Crippen molar-refractivity contribution in [3.8, 4) is 0 Å². The molecular weight excluding hydrogens is 224 g/mol. The van der Waals surface area contributed by atoms with Crippen molar-refractivity contribution in [1.29, 1.82) is 0 Å². The monoisotopic (exact) mass is 233 g/mol. The summed E-state index contributed by atoms with van der Waals surface area (Å²) in [6, 6.07) is 5.60. The molecule has 0 bridgehead atoms. The summed E-state index contributed by atoms with van der Waals surface area (Å²) in [5, 5.41) is 0. The van der Waals surface area contributed by atoms with Gasteiger partial charge in [0.15, 0.2) is 0 Å². The topological polar surface area (TPSA) is 16.1 Å². The van der Waals surface area contributed by atoms with Crippen LogP contribution in [0.15, 0.2) is 12.1 Å². The van der Waals surface area contributed by atoms with E-state index in [0.717, 1.165) is 4.90 Å². The van der Waals surface area contributed by atoms with Gasteiger partial charge >= 0.3 is 11.8 Å². The molecule has 1 aromatic rings. The molecule has 2 heterocycles. The predicted octanol–water partition coefficient (Wildman–Crippen LogP) is 2.28. The molecular formula is C10H9F4N2. The quantitative estimate of drug-likeness (QED) is 0.692. The summed E-state index contributed by atoms with van der Waals surface area (Å²) in [5.74, 6) is -7.86. The van der Waals surface area contributed by atoms with E-state index in [-0.39, 0.29) is 5.82 Å². The summed E-state index contributed by atoms with van der Waals surface area (Å²) >= 11 is 0. The van der Waals surface area contributed by atoms with Crippen molar-refractivity contribution >= 4 is 5.82 Å². The second-order valence-corrected chi connectivity index (χ2v) is 3.80. The molecule has 1 aliphatic rings. The summed E-state index contributed by atoms with van der Waals surface area (Å²) in [4.78, 5) is 4.78. The average molecular weight is 233 g/mol. The fourth-order valence-electron chi connectivity index (χ4n) is 1.58. The van der Waals surface area contributed by atoms with Crippen LogP contribution in [0.25, 0.3) is 0 Å². The summed E-state index contributed by atoms with van der Waals surface area (Å²) in [6.45, 7) is -0.386. The highest BCUT2D eigenvalue weighted by Crippen LogP contribution is 2.42. The lowest BCUT2D eigenvalue weighted by Gasteiger charge is -2.15. The van der Waals surface area contributed by atoms with Gasteiger partial charge in [-0.25, -0.2) is 4.98 Å². The molecule has 0 saturated carbocycles. The molecule has 1 aromatic heterocycles. The van der Waals surface area contributed by atoms with Crippen molar-refractivity contribution in [3.63, 3.8) is 0 Å². The van der Waals surface area contributed by atoms with E-state index in [1.54, 1.807) is 6.92 Å². The Hall–Kier alpha value is -1.33. The molecule has 0 aliphatic carbocycles. The molecule has 6 heteroatoms. The van der Waals surface area contributed by atoms with Gasteiger partial charge in [-0.15, -0.1) is 0 Å². The van der Waals surface area contributed by atoms with E-state index in [2.05, 4.69) is 11.1 Å². The summed E-state index contributed by atoms with van der Waals surface area (Å²) in [7, 11) is 0. The standard InChI is InChI=1S/C10H9F4N2/c1-7-3-2-4-8(15-7)16-5-9(11,12)10(13,14)6-16/h2,4H,5-6H2,1H3. The number of halogens is 4. The molecule has 0 atom stereocenters. The number of aryl methyl sites for hydroxylation is 1. The third kappa shape index (κ3) is 1.72. The third-order valence-electron chi connectivity index (χ3n) is 2.44. The van der Waals surface area contributed by atoms with Crippen LogP contribution >= 0.6 is 0 Å². The van der Waals surface area contributed by atoms with E-state index in [9.17, 15) is 17.6 Å². The first-order chi connectivity index (χ1) is 7.32. The van der Waals surface area contributed by atoms with Gasteiger partial charge in [-0.05, 0) is 19.1 Å². The molecule has 1 radical (unpaired) electrons. The number of anilines is 1. The number of hydrogen-bond donors (Lipinski definition) is 0. The number of hydrogen-bond acceptors (Lipinski definition) is 2. The SMILES string of the molecule is Cc1[c]ccc(N2CC(F)(F)C(F)(F)C2)n1. The number of pyridine rings is 1. The van der Waals surface area contributed by atoms with Crippen LogP contribution in [0.5, 0.6) is 0 Å². The van der Waals surface area contributed by atoms with E-state index in [0.29, 0.717) is 5.69 Å². The van der Waals surface area contributed by atoms with E-state index in [1.807, 2.05) is 0 Å². The minimum Gasteiger partial charge on any atom is -0.344 e. The molecule has 0 amide bonds. The number of nitrogens with zero attached hydrogens (tertiary/aromatic N) is 2. The molecule has 2 rings (SSSR count). The molecule has 2 nitrogen and oxygen atoms in total. The highest BCUT2D eigenvalue weighted by atomic mass is 19.3. The van der Waals surface area contributed by atoms with Crippen molar-refractivity contribution in [2.75, 3.05) is 18.0 Å². The van der Waals surface area contributed by atoms with E-state index < -0.39 is 24.9 Å². The largest absolute Gasteiger partial charge is 0.344 e. The van der Waals surface area contributed by atoms with Crippen LogP contribution < -0.4 is 4.90 Å². The zero-order valence-corrected chi connectivity index (χ0v) is 8.48. The van der Waals surface area contributed by atoms with Crippen LogP contribution in [-0.2, 0) is 0 Å². The fraction of sp³-hybridized carbons (Fsp3) is 0.500. The van der Waals surface area contributed by atoms with Crippen LogP contribution in [0.3, 0.4) is 0 Å². The number of alkyl halides is 4. The average Bonchev–Trinajstić information content (AvgIpc) is 2.36. The molecule has 1 aliphatic heterocycles. The first kappa shape index (κ1) is 11.2. The maximum atomic E-state index is 12.9. The minimum atomic E-state index is -4.00. The van der Waals surface area contributed by atoms with Crippen molar-refractivity contribution < 1.29 is 17.6 Å². The molecule has 16 heavy (non-hydrogen) atoms. The number of aromatic nitrogens is 1. The molecule has 0 N–H and O–H groups in total. The smallest absolute Gasteiger partial charge is 0.329 e. The van der Waals surface area contributed by atoms with Crippen molar-refractivity contribution in [3.05, 3.63) is 23.9 Å². The Morgan fingerprint density at radius 3 is 2.31 bits per heavy atom. The maximum Gasteiger partial charge on any atom is 0.329 e. The van der Waals surface area contributed by atoms with Gasteiger partial charge in [-0.2, -0.15) is 17.6 Å². The Balaban J connectivity index is 2.27. The van der Waals surface area contributed by atoms with Gasteiger partial charge in [0.2, 0.25) is 0 Å². The summed E-state index contributed by atoms with van der Waals surface area (Å²) in [6.07, 6.45) is 0. The van der Waals surface area contributed by atoms with Gasteiger partial charge in [0.05, 0.1) is 13.1 Å². The van der Waals surface area contributed by atoms with Crippen LogP contribution in [0.2, 0.25) is 0 Å². The van der Waals surface area contributed by atoms with Gasteiger partial charge in [0, 0.05) is 11.8 Å². The predicted molar refractivity (Wildman–Crippen MR) is 49.9 cm³/mol. The first-order valence-electron chi connectivity index (χ1n) is 4.68. The van der Waals surface area contributed by atoms with Gasteiger partial charge < -0.3 is 4.90 Å². The second kappa shape index (κ2) is 3.33. The molecule has 0 spiro atoms. The van der Waals surface area contributed by atoms with Crippen molar-refractivity contribution in [2.24, 2.45) is 0 Å². The summed E-state index contributed by atoms with van der Waals surface area (Å²) < 4.78 is 51.7. The second-order valence-electron chi connectivity index (χ2n) is 3.80. The van der Waals surface area contributed by atoms with Crippen LogP contribution in [-0.4, -0.2) is 29.9 Å². The van der Waals surface area contributed by atoms with Crippen molar-refractivity contribution in [1.82, 2.24) is 4.98 Å². The van der Waals surface area contributed by atoms with E-state index in [1.165, 1.54) is 12.1 Å².